The Morgan fingerprint density at radius 2 is 2.06 bits per heavy atom. The Morgan fingerprint density at radius 1 is 1.28 bits per heavy atom. The molecule has 1 aliphatic carbocycles. The number of unbranched alkanes of at least 4 members (excludes halogenated alkanes) is 1. The highest BCUT2D eigenvalue weighted by atomic mass is 15.2. The molecule has 2 fully saturated rings. The highest BCUT2D eigenvalue weighted by Gasteiger charge is 2.42. The third-order valence-corrected chi connectivity index (χ3v) is 4.54. The Balaban J connectivity index is 1.73. The summed E-state index contributed by atoms with van der Waals surface area (Å²) in [6.07, 6.45) is 6.88. The van der Waals surface area contributed by atoms with Gasteiger partial charge in [-0.25, -0.2) is 0 Å². The van der Waals surface area contributed by atoms with Gasteiger partial charge in [-0.3, -0.25) is 0 Å². The Bertz CT molecular complexity index is 250. The maximum Gasteiger partial charge on any atom is 0.0308 e. The zero-order valence-electron chi connectivity index (χ0n) is 12.5. The summed E-state index contributed by atoms with van der Waals surface area (Å²) < 4.78 is 0. The van der Waals surface area contributed by atoms with Crippen LogP contribution in [0.1, 0.15) is 39.0 Å². The number of hydrogen-bond acceptors (Lipinski definition) is 3. The van der Waals surface area contributed by atoms with Crippen molar-refractivity contribution in [3.05, 3.63) is 0 Å². The lowest BCUT2D eigenvalue weighted by Gasteiger charge is -2.34. The Labute approximate surface area is 113 Å². The molecule has 0 amide bonds. The van der Waals surface area contributed by atoms with Gasteiger partial charge in [0.15, 0.2) is 0 Å². The molecule has 0 aromatic rings. The fraction of sp³-hybridized carbons (Fsp3) is 1.00. The summed E-state index contributed by atoms with van der Waals surface area (Å²) in [5, 5.41) is 3.81. The summed E-state index contributed by atoms with van der Waals surface area (Å²) in [4.78, 5) is 4.99. The van der Waals surface area contributed by atoms with Gasteiger partial charge >= 0.3 is 0 Å². The Morgan fingerprint density at radius 3 is 2.72 bits per heavy atom. The summed E-state index contributed by atoms with van der Waals surface area (Å²) in [7, 11) is 4.33. The molecule has 0 bridgehead atoms. The molecular weight excluding hydrogens is 222 g/mol. The summed E-state index contributed by atoms with van der Waals surface area (Å²) in [5.41, 5.74) is 0.401. The van der Waals surface area contributed by atoms with Crippen LogP contribution >= 0.6 is 0 Å². The standard InChI is InChI=1S/C15H31N3/c1-15(14-7-8-14)13-18(12-6-9-16-15)11-5-4-10-17(2)3/h14,16H,4-13H2,1-3H3. The largest absolute Gasteiger partial charge is 0.310 e. The minimum absolute atomic E-state index is 0.401. The molecule has 0 radical (unpaired) electrons. The lowest BCUT2D eigenvalue weighted by Crippen LogP contribution is -2.51. The van der Waals surface area contributed by atoms with Gasteiger partial charge in [0, 0.05) is 12.1 Å². The van der Waals surface area contributed by atoms with E-state index in [1.54, 1.807) is 0 Å². The van der Waals surface area contributed by atoms with Crippen LogP contribution in [0.25, 0.3) is 0 Å². The fourth-order valence-electron chi connectivity index (χ4n) is 3.22. The molecule has 2 rings (SSSR count). The highest BCUT2D eigenvalue weighted by Crippen LogP contribution is 2.40. The molecule has 1 unspecified atom stereocenters. The predicted molar refractivity (Wildman–Crippen MR) is 78.0 cm³/mol. The van der Waals surface area contributed by atoms with E-state index >= 15 is 0 Å². The maximum atomic E-state index is 3.81. The van der Waals surface area contributed by atoms with Crippen LogP contribution in [0.15, 0.2) is 0 Å². The van der Waals surface area contributed by atoms with Gasteiger partial charge < -0.3 is 15.1 Å². The lowest BCUT2D eigenvalue weighted by atomic mass is 9.95. The van der Waals surface area contributed by atoms with Gasteiger partial charge in [0.25, 0.3) is 0 Å². The van der Waals surface area contributed by atoms with E-state index < -0.39 is 0 Å². The van der Waals surface area contributed by atoms with Crippen molar-refractivity contribution in [3.63, 3.8) is 0 Å². The molecule has 3 nitrogen and oxygen atoms in total. The molecule has 0 aromatic heterocycles. The van der Waals surface area contributed by atoms with E-state index in [0.717, 1.165) is 5.92 Å². The number of hydrogen-bond donors (Lipinski definition) is 1. The first-order valence-electron chi connectivity index (χ1n) is 7.72. The van der Waals surface area contributed by atoms with Crippen molar-refractivity contribution in [1.29, 1.82) is 0 Å². The predicted octanol–water partition coefficient (Wildman–Crippen LogP) is 1.79. The molecule has 0 aromatic carbocycles. The van der Waals surface area contributed by atoms with Crippen LogP contribution in [-0.2, 0) is 0 Å². The molecule has 1 saturated heterocycles. The van der Waals surface area contributed by atoms with Gasteiger partial charge in [0.1, 0.15) is 0 Å². The third kappa shape index (κ3) is 4.22. The van der Waals surface area contributed by atoms with Crippen LogP contribution in [0.3, 0.4) is 0 Å². The Kier molecular flexibility index (Phi) is 5.05. The third-order valence-electron chi connectivity index (χ3n) is 4.54. The average molecular weight is 253 g/mol. The van der Waals surface area contributed by atoms with Crippen LogP contribution in [0.2, 0.25) is 0 Å². The van der Waals surface area contributed by atoms with Crippen molar-refractivity contribution in [2.45, 2.75) is 44.6 Å². The smallest absolute Gasteiger partial charge is 0.0308 e. The van der Waals surface area contributed by atoms with Crippen LogP contribution in [-0.4, -0.2) is 62.2 Å². The number of nitrogens with one attached hydrogen (secondary N) is 1. The molecule has 1 heterocycles. The number of rotatable bonds is 6. The molecule has 2 aliphatic rings. The van der Waals surface area contributed by atoms with E-state index in [4.69, 9.17) is 0 Å². The quantitative estimate of drug-likeness (QED) is 0.728. The lowest BCUT2D eigenvalue weighted by molar-refractivity contribution is 0.196. The van der Waals surface area contributed by atoms with Crippen molar-refractivity contribution in [3.8, 4) is 0 Å². The van der Waals surface area contributed by atoms with Crippen LogP contribution in [0.5, 0.6) is 0 Å². The van der Waals surface area contributed by atoms with Crippen molar-refractivity contribution >= 4 is 0 Å². The monoisotopic (exact) mass is 253 g/mol. The van der Waals surface area contributed by atoms with Gasteiger partial charge in [-0.1, -0.05) is 0 Å². The summed E-state index contributed by atoms with van der Waals surface area (Å²) >= 11 is 0. The van der Waals surface area contributed by atoms with E-state index in [1.807, 2.05) is 0 Å². The van der Waals surface area contributed by atoms with Gasteiger partial charge in [-0.2, -0.15) is 0 Å². The molecular formula is C15H31N3. The van der Waals surface area contributed by atoms with E-state index in [0.29, 0.717) is 5.54 Å². The van der Waals surface area contributed by atoms with E-state index in [1.165, 1.54) is 64.8 Å². The molecule has 0 spiro atoms. The Hall–Kier alpha value is -0.120. The van der Waals surface area contributed by atoms with Crippen molar-refractivity contribution < 1.29 is 0 Å². The second kappa shape index (κ2) is 6.36. The first-order valence-corrected chi connectivity index (χ1v) is 7.72. The second-order valence-corrected chi connectivity index (χ2v) is 6.76. The van der Waals surface area contributed by atoms with E-state index in [9.17, 15) is 0 Å². The van der Waals surface area contributed by atoms with Crippen LogP contribution in [0, 0.1) is 5.92 Å². The first kappa shape index (κ1) is 14.3. The molecule has 106 valence electrons. The minimum atomic E-state index is 0.401. The SMILES string of the molecule is CN(C)CCCCN1CCCNC(C)(C2CC2)C1. The summed E-state index contributed by atoms with van der Waals surface area (Å²) in [6.45, 7) is 8.73. The fourth-order valence-corrected chi connectivity index (χ4v) is 3.22. The maximum absolute atomic E-state index is 3.81. The first-order chi connectivity index (χ1) is 8.60. The van der Waals surface area contributed by atoms with Crippen LogP contribution < -0.4 is 5.32 Å². The topological polar surface area (TPSA) is 18.5 Å². The second-order valence-electron chi connectivity index (χ2n) is 6.76. The average Bonchev–Trinajstić information content (AvgIpc) is 3.11. The zero-order valence-corrected chi connectivity index (χ0v) is 12.5. The molecule has 3 heteroatoms. The molecule has 1 N–H and O–H groups in total. The van der Waals surface area contributed by atoms with Crippen LogP contribution in [0.4, 0.5) is 0 Å². The van der Waals surface area contributed by atoms with Gasteiger partial charge in [0.05, 0.1) is 0 Å². The van der Waals surface area contributed by atoms with Gasteiger partial charge in [-0.15, -0.1) is 0 Å². The normalized spacial score (nSPS) is 30.7. The molecule has 1 aliphatic heterocycles. The molecule has 18 heavy (non-hydrogen) atoms. The van der Waals surface area contributed by atoms with Crippen molar-refractivity contribution in [1.82, 2.24) is 15.1 Å². The summed E-state index contributed by atoms with van der Waals surface area (Å²) in [5.74, 6) is 0.944. The highest BCUT2D eigenvalue weighted by molar-refractivity contribution is 5.00. The van der Waals surface area contributed by atoms with Crippen molar-refractivity contribution in [2.24, 2.45) is 5.92 Å². The van der Waals surface area contributed by atoms with Crippen molar-refractivity contribution in [2.75, 3.05) is 46.8 Å². The van der Waals surface area contributed by atoms with E-state index in [-0.39, 0.29) is 0 Å². The summed E-state index contributed by atoms with van der Waals surface area (Å²) in [6, 6.07) is 0. The van der Waals surface area contributed by atoms with Gasteiger partial charge in [0.2, 0.25) is 0 Å². The molecule has 1 saturated carbocycles. The zero-order chi connectivity index (χ0) is 13.0. The van der Waals surface area contributed by atoms with Gasteiger partial charge in [-0.05, 0) is 85.2 Å². The van der Waals surface area contributed by atoms with E-state index in [2.05, 4.69) is 36.1 Å². The molecule has 1 atom stereocenters. The number of nitrogens with zero attached hydrogens (tertiary/aromatic N) is 2. The minimum Gasteiger partial charge on any atom is -0.310 e.